The van der Waals surface area contributed by atoms with E-state index in [9.17, 15) is 27.2 Å². The predicted octanol–water partition coefficient (Wildman–Crippen LogP) is 4.22. The van der Waals surface area contributed by atoms with Crippen molar-refractivity contribution in [1.29, 1.82) is 0 Å². The number of aromatic nitrogens is 3. The summed E-state index contributed by atoms with van der Waals surface area (Å²) in [4.78, 5) is 29.1. The summed E-state index contributed by atoms with van der Waals surface area (Å²) in [6.07, 6.45) is 0.218. The molecule has 182 valence electrons. The van der Waals surface area contributed by atoms with E-state index in [-0.39, 0.29) is 18.4 Å². The first kappa shape index (κ1) is 24.9. The highest BCUT2D eigenvalue weighted by atomic mass is 19.3. The van der Waals surface area contributed by atoms with Gasteiger partial charge in [0.1, 0.15) is 11.5 Å². The highest BCUT2D eigenvalue weighted by Gasteiger charge is 2.20. The van der Waals surface area contributed by atoms with Crippen LogP contribution in [0.2, 0.25) is 0 Å². The predicted molar refractivity (Wildman–Crippen MR) is 111 cm³/mol. The molecular formula is C22H21F4N3O5. The molecular weight excluding hydrogens is 462 g/mol. The molecule has 2 aromatic heterocycles. The Morgan fingerprint density at radius 2 is 1.74 bits per heavy atom. The van der Waals surface area contributed by atoms with Crippen LogP contribution in [0.25, 0.3) is 5.65 Å². The number of ketones is 1. The maximum Gasteiger partial charge on any atom is 0.387 e. The lowest BCUT2D eigenvalue weighted by Gasteiger charge is -2.13. The fourth-order valence-corrected chi connectivity index (χ4v) is 3.43. The third kappa shape index (κ3) is 6.00. The number of aryl methyl sites for hydroxylation is 3. The monoisotopic (exact) mass is 483 g/mol. The Hall–Kier alpha value is -3.70. The lowest BCUT2D eigenvalue weighted by Crippen LogP contribution is -2.17. The first-order chi connectivity index (χ1) is 16.0. The number of Topliss-reactive ketones (excluding diaryl/α,β-unsaturated/α-hetero) is 1. The summed E-state index contributed by atoms with van der Waals surface area (Å²) < 4.78 is 65.1. The largest absolute Gasteiger partial charge is 0.457 e. The Bertz CT molecular complexity index is 1210. The van der Waals surface area contributed by atoms with Crippen molar-refractivity contribution < 1.29 is 41.4 Å². The minimum Gasteiger partial charge on any atom is -0.457 e. The van der Waals surface area contributed by atoms with Crippen molar-refractivity contribution in [3.8, 4) is 11.5 Å². The zero-order chi connectivity index (χ0) is 25.0. The van der Waals surface area contributed by atoms with E-state index in [1.807, 2.05) is 26.8 Å². The van der Waals surface area contributed by atoms with E-state index in [0.29, 0.717) is 5.65 Å². The van der Waals surface area contributed by atoms with Crippen LogP contribution in [0.5, 0.6) is 11.5 Å². The number of ether oxygens (including phenoxy) is 3. The number of esters is 1. The maximum atomic E-state index is 12.7. The molecule has 0 aliphatic rings. The maximum absolute atomic E-state index is 12.7. The second-order valence-electron chi connectivity index (χ2n) is 7.32. The van der Waals surface area contributed by atoms with Crippen LogP contribution in [0.3, 0.4) is 0 Å². The average Bonchev–Trinajstić information content (AvgIpc) is 3.11. The molecule has 34 heavy (non-hydrogen) atoms. The van der Waals surface area contributed by atoms with E-state index >= 15 is 0 Å². The number of carbonyl (C=O) groups is 2. The van der Waals surface area contributed by atoms with Crippen LogP contribution in [0, 0.1) is 20.8 Å². The van der Waals surface area contributed by atoms with Gasteiger partial charge in [-0.25, -0.2) is 9.50 Å². The smallest absolute Gasteiger partial charge is 0.387 e. The molecule has 0 aliphatic carbocycles. The second kappa shape index (κ2) is 10.5. The van der Waals surface area contributed by atoms with E-state index in [4.69, 9.17) is 4.74 Å². The molecule has 0 bridgehead atoms. The Morgan fingerprint density at radius 1 is 1.03 bits per heavy atom. The molecule has 0 fully saturated rings. The molecule has 0 amide bonds. The molecule has 0 saturated carbocycles. The molecule has 8 nitrogen and oxygen atoms in total. The zero-order valence-corrected chi connectivity index (χ0v) is 18.5. The normalized spacial score (nSPS) is 11.3. The van der Waals surface area contributed by atoms with Gasteiger partial charge >= 0.3 is 19.2 Å². The lowest BCUT2D eigenvalue weighted by molar-refractivity contribution is -0.142. The van der Waals surface area contributed by atoms with Crippen molar-refractivity contribution in [3.63, 3.8) is 0 Å². The summed E-state index contributed by atoms with van der Waals surface area (Å²) in [5.41, 5.74) is 3.48. The highest BCUT2D eigenvalue weighted by Crippen LogP contribution is 2.28. The van der Waals surface area contributed by atoms with Gasteiger partial charge in [0.2, 0.25) is 5.78 Å². The van der Waals surface area contributed by atoms with E-state index < -0.39 is 43.1 Å². The SMILES string of the molecule is Cc1cc2nc(C)c(CCC(=O)OCC(=O)c3ccc(OC(F)F)cc3OC(F)F)c(C)n2n1. The molecule has 3 aromatic rings. The van der Waals surface area contributed by atoms with Crippen molar-refractivity contribution in [3.05, 3.63) is 52.5 Å². The van der Waals surface area contributed by atoms with Gasteiger partial charge in [-0.05, 0) is 44.9 Å². The number of benzene rings is 1. The van der Waals surface area contributed by atoms with Crippen molar-refractivity contribution in [1.82, 2.24) is 14.6 Å². The Balaban J connectivity index is 1.64. The van der Waals surface area contributed by atoms with E-state index in [1.54, 1.807) is 4.52 Å². The molecule has 0 saturated heterocycles. The van der Waals surface area contributed by atoms with Gasteiger partial charge in [0.05, 0.1) is 11.3 Å². The summed E-state index contributed by atoms with van der Waals surface area (Å²) in [5.74, 6) is -2.69. The third-order valence-corrected chi connectivity index (χ3v) is 4.92. The Kier molecular flexibility index (Phi) is 7.69. The number of hydrogen-bond donors (Lipinski definition) is 0. The molecule has 0 N–H and O–H groups in total. The van der Waals surface area contributed by atoms with Crippen LogP contribution in [0.1, 0.15) is 39.4 Å². The quantitative estimate of drug-likeness (QED) is 0.242. The molecule has 1 aromatic carbocycles. The van der Waals surface area contributed by atoms with Crippen LogP contribution in [0.4, 0.5) is 17.6 Å². The molecule has 2 heterocycles. The number of rotatable bonds is 10. The highest BCUT2D eigenvalue weighted by molar-refractivity contribution is 6.00. The minimum absolute atomic E-state index is 0.0655. The van der Waals surface area contributed by atoms with Gasteiger partial charge in [0.15, 0.2) is 12.3 Å². The average molecular weight is 483 g/mol. The lowest BCUT2D eigenvalue weighted by atomic mass is 10.1. The van der Waals surface area contributed by atoms with Crippen molar-refractivity contribution in [2.24, 2.45) is 0 Å². The topological polar surface area (TPSA) is 92.0 Å². The first-order valence-electron chi connectivity index (χ1n) is 10.1. The molecule has 3 rings (SSSR count). The molecule has 12 heteroatoms. The van der Waals surface area contributed by atoms with Crippen molar-refractivity contribution in [2.45, 2.75) is 46.8 Å². The molecule has 0 unspecified atom stereocenters. The Labute approximate surface area is 191 Å². The van der Waals surface area contributed by atoms with Gasteiger partial charge < -0.3 is 14.2 Å². The van der Waals surface area contributed by atoms with Gasteiger partial charge in [-0.2, -0.15) is 22.7 Å². The van der Waals surface area contributed by atoms with E-state index in [0.717, 1.165) is 40.8 Å². The van der Waals surface area contributed by atoms with Crippen LogP contribution in [0.15, 0.2) is 24.3 Å². The molecule has 0 spiro atoms. The van der Waals surface area contributed by atoms with Gasteiger partial charge in [-0.15, -0.1) is 0 Å². The number of carbonyl (C=O) groups excluding carboxylic acids is 2. The standard InChI is InChI=1S/C22H21F4N3O5/c1-11-8-19-27-12(2)15(13(3)29(19)28-11)6-7-20(31)32-10-17(30)16-5-4-14(33-21(23)24)9-18(16)34-22(25)26/h4-5,8-9,21-22H,6-7,10H2,1-3H3. The molecule has 0 radical (unpaired) electrons. The van der Waals surface area contributed by atoms with Crippen molar-refractivity contribution >= 4 is 17.4 Å². The first-order valence-corrected chi connectivity index (χ1v) is 10.1. The van der Waals surface area contributed by atoms with Crippen LogP contribution >= 0.6 is 0 Å². The van der Waals surface area contributed by atoms with Crippen LogP contribution in [-0.2, 0) is 16.0 Å². The fraction of sp³-hybridized carbons (Fsp3) is 0.364. The summed E-state index contributed by atoms with van der Waals surface area (Å²) >= 11 is 0. The third-order valence-electron chi connectivity index (χ3n) is 4.92. The minimum atomic E-state index is -3.31. The molecule has 0 aliphatic heterocycles. The Morgan fingerprint density at radius 3 is 2.41 bits per heavy atom. The van der Waals surface area contributed by atoms with Gasteiger partial charge in [-0.1, -0.05) is 0 Å². The summed E-state index contributed by atoms with van der Waals surface area (Å²) in [5, 5.41) is 4.36. The molecule has 0 atom stereocenters. The summed E-state index contributed by atoms with van der Waals surface area (Å²) in [6, 6.07) is 4.54. The number of fused-ring (bicyclic) bond motifs is 1. The van der Waals surface area contributed by atoms with Crippen LogP contribution in [-0.4, -0.2) is 46.2 Å². The van der Waals surface area contributed by atoms with Gasteiger partial charge in [-0.3, -0.25) is 9.59 Å². The van der Waals surface area contributed by atoms with Crippen LogP contribution < -0.4 is 9.47 Å². The van der Waals surface area contributed by atoms with E-state index in [1.165, 1.54) is 0 Å². The van der Waals surface area contributed by atoms with E-state index in [2.05, 4.69) is 19.6 Å². The summed E-state index contributed by atoms with van der Waals surface area (Å²) in [7, 11) is 0. The fourth-order valence-electron chi connectivity index (χ4n) is 3.43. The summed E-state index contributed by atoms with van der Waals surface area (Å²) in [6.45, 7) is -1.75. The zero-order valence-electron chi connectivity index (χ0n) is 18.5. The number of alkyl halides is 4. The second-order valence-corrected chi connectivity index (χ2v) is 7.32. The number of halogens is 4. The van der Waals surface area contributed by atoms with Crippen molar-refractivity contribution in [2.75, 3.05) is 6.61 Å². The number of nitrogens with zero attached hydrogens (tertiary/aromatic N) is 3. The van der Waals surface area contributed by atoms with Gasteiger partial charge in [0.25, 0.3) is 0 Å². The number of hydrogen-bond acceptors (Lipinski definition) is 7. The van der Waals surface area contributed by atoms with Gasteiger partial charge in [0, 0.05) is 29.9 Å².